The van der Waals surface area contributed by atoms with Gasteiger partial charge in [-0.05, 0) is 48.9 Å². The summed E-state index contributed by atoms with van der Waals surface area (Å²) in [5.74, 6) is 1.58. The van der Waals surface area contributed by atoms with Gasteiger partial charge in [0, 0.05) is 29.9 Å². The van der Waals surface area contributed by atoms with E-state index in [4.69, 9.17) is 9.47 Å². The molecule has 0 radical (unpaired) electrons. The molecule has 31 heavy (non-hydrogen) atoms. The maximum absolute atomic E-state index is 12.6. The van der Waals surface area contributed by atoms with E-state index in [1.165, 1.54) is 28.5 Å². The maximum atomic E-state index is 12.6. The van der Waals surface area contributed by atoms with Gasteiger partial charge in [-0.3, -0.25) is 9.69 Å². The first kappa shape index (κ1) is 21.7. The minimum atomic E-state index is 0.00743. The molecule has 1 aliphatic rings. The van der Waals surface area contributed by atoms with Crippen LogP contribution in [0.5, 0.6) is 11.5 Å². The lowest BCUT2D eigenvalue weighted by Crippen LogP contribution is -2.40. The van der Waals surface area contributed by atoms with E-state index in [1.54, 1.807) is 32.6 Å². The highest BCUT2D eigenvalue weighted by molar-refractivity contribution is 7.21. The molecule has 5 nitrogen and oxygen atoms in total. The van der Waals surface area contributed by atoms with Gasteiger partial charge >= 0.3 is 0 Å². The van der Waals surface area contributed by atoms with E-state index in [-0.39, 0.29) is 5.91 Å². The lowest BCUT2D eigenvalue weighted by atomic mass is 9.93. The fourth-order valence-electron chi connectivity index (χ4n) is 4.63. The number of likely N-dealkylation sites (tertiary alicyclic amines) is 1. The number of hydrogen-bond acceptors (Lipinski definition) is 5. The molecule has 0 aliphatic carbocycles. The molecule has 1 aliphatic heterocycles. The van der Waals surface area contributed by atoms with Crippen LogP contribution in [0.2, 0.25) is 0 Å². The molecule has 1 amide bonds. The van der Waals surface area contributed by atoms with E-state index in [1.807, 2.05) is 18.2 Å². The normalized spacial score (nSPS) is 16.9. The minimum absolute atomic E-state index is 0.00743. The average molecular weight is 439 g/mol. The first-order valence-electron chi connectivity index (χ1n) is 10.8. The second-order valence-corrected chi connectivity index (χ2v) is 9.01. The second-order valence-electron chi connectivity index (χ2n) is 7.96. The van der Waals surface area contributed by atoms with Crippen molar-refractivity contribution in [2.45, 2.75) is 38.3 Å². The SMILES string of the molecule is CNC(=O)c1sc2ccccc2c1CC1CCCCN1Cc1cccc(OC)c1OC. The fraction of sp³-hybridized carbons (Fsp3) is 0.400. The molecule has 1 N–H and O–H groups in total. The summed E-state index contributed by atoms with van der Waals surface area (Å²) >= 11 is 1.59. The molecule has 0 bridgehead atoms. The van der Waals surface area contributed by atoms with Crippen molar-refractivity contribution in [3.8, 4) is 11.5 Å². The molecule has 164 valence electrons. The van der Waals surface area contributed by atoms with Gasteiger partial charge in [-0.25, -0.2) is 0 Å². The minimum Gasteiger partial charge on any atom is -0.493 e. The van der Waals surface area contributed by atoms with Crippen LogP contribution in [0.4, 0.5) is 0 Å². The second kappa shape index (κ2) is 9.71. The van der Waals surface area contributed by atoms with Gasteiger partial charge in [0.1, 0.15) is 0 Å². The Bertz CT molecular complexity index is 1060. The number of piperidine rings is 1. The summed E-state index contributed by atoms with van der Waals surface area (Å²) in [5, 5.41) is 4.03. The molecule has 0 spiro atoms. The van der Waals surface area contributed by atoms with Crippen molar-refractivity contribution in [2.75, 3.05) is 27.8 Å². The van der Waals surface area contributed by atoms with Crippen LogP contribution in [0.1, 0.15) is 40.1 Å². The third-order valence-electron chi connectivity index (χ3n) is 6.18. The lowest BCUT2D eigenvalue weighted by molar-refractivity contribution is 0.0964. The average Bonchev–Trinajstić information content (AvgIpc) is 3.18. The number of nitrogens with zero attached hydrogens (tertiary/aromatic N) is 1. The van der Waals surface area contributed by atoms with Crippen molar-refractivity contribution in [1.82, 2.24) is 10.2 Å². The Hall–Kier alpha value is -2.57. The molecule has 1 atom stereocenters. The summed E-state index contributed by atoms with van der Waals surface area (Å²) < 4.78 is 12.3. The van der Waals surface area contributed by atoms with Crippen LogP contribution in [0.25, 0.3) is 10.1 Å². The number of nitrogens with one attached hydrogen (secondary N) is 1. The highest BCUT2D eigenvalue weighted by Crippen LogP contribution is 2.36. The zero-order chi connectivity index (χ0) is 21.8. The number of rotatable bonds is 7. The summed E-state index contributed by atoms with van der Waals surface area (Å²) in [4.78, 5) is 16.0. The van der Waals surface area contributed by atoms with Crippen LogP contribution in [-0.2, 0) is 13.0 Å². The van der Waals surface area contributed by atoms with E-state index in [0.29, 0.717) is 6.04 Å². The summed E-state index contributed by atoms with van der Waals surface area (Å²) in [6.07, 6.45) is 4.41. The Kier molecular flexibility index (Phi) is 6.78. The first-order chi connectivity index (χ1) is 15.2. The van der Waals surface area contributed by atoms with Crippen molar-refractivity contribution >= 4 is 27.3 Å². The van der Waals surface area contributed by atoms with E-state index in [2.05, 4.69) is 34.5 Å². The van der Waals surface area contributed by atoms with Crippen LogP contribution in [0, 0.1) is 0 Å². The number of carbonyl (C=O) groups is 1. The molecule has 1 saturated heterocycles. The van der Waals surface area contributed by atoms with Crippen LogP contribution < -0.4 is 14.8 Å². The molecular formula is C25H30N2O3S. The Morgan fingerprint density at radius 2 is 1.97 bits per heavy atom. The monoisotopic (exact) mass is 438 g/mol. The van der Waals surface area contributed by atoms with Gasteiger partial charge in [0.25, 0.3) is 5.91 Å². The fourth-order valence-corrected chi connectivity index (χ4v) is 5.81. The number of amides is 1. The van der Waals surface area contributed by atoms with Gasteiger partial charge in [-0.1, -0.05) is 36.8 Å². The summed E-state index contributed by atoms with van der Waals surface area (Å²) in [5.41, 5.74) is 2.31. The van der Waals surface area contributed by atoms with Crippen molar-refractivity contribution in [1.29, 1.82) is 0 Å². The quantitative estimate of drug-likeness (QED) is 0.571. The molecule has 2 heterocycles. The summed E-state index contributed by atoms with van der Waals surface area (Å²) in [7, 11) is 5.08. The maximum Gasteiger partial charge on any atom is 0.261 e. The molecule has 1 fully saturated rings. The standard InChI is InChI=1S/C25H30N2O3S/c1-26-25(28)24-20(19-11-4-5-13-22(19)31-24)15-18-10-6-7-14-27(18)16-17-9-8-12-21(29-2)23(17)30-3/h4-5,8-9,11-13,18H,6-7,10,14-16H2,1-3H3,(H,26,28). The van der Waals surface area contributed by atoms with Gasteiger partial charge in [-0.2, -0.15) is 0 Å². The zero-order valence-corrected chi connectivity index (χ0v) is 19.3. The number of benzene rings is 2. The van der Waals surface area contributed by atoms with Crippen LogP contribution in [0.15, 0.2) is 42.5 Å². The third-order valence-corrected chi connectivity index (χ3v) is 7.39. The van der Waals surface area contributed by atoms with Crippen molar-refractivity contribution in [2.24, 2.45) is 0 Å². The molecule has 1 unspecified atom stereocenters. The van der Waals surface area contributed by atoms with Crippen LogP contribution in [0.3, 0.4) is 0 Å². The van der Waals surface area contributed by atoms with Crippen molar-refractivity contribution < 1.29 is 14.3 Å². The number of para-hydroxylation sites is 1. The summed E-state index contributed by atoms with van der Waals surface area (Å²) in [6.45, 7) is 1.85. The molecule has 6 heteroatoms. The van der Waals surface area contributed by atoms with Crippen molar-refractivity contribution in [3.63, 3.8) is 0 Å². The van der Waals surface area contributed by atoms with E-state index < -0.39 is 0 Å². The third kappa shape index (κ3) is 4.41. The predicted molar refractivity (Wildman–Crippen MR) is 127 cm³/mol. The number of thiophene rings is 1. The molecule has 4 rings (SSSR count). The van der Waals surface area contributed by atoms with Gasteiger partial charge in [0.2, 0.25) is 0 Å². The van der Waals surface area contributed by atoms with Gasteiger partial charge in [0.05, 0.1) is 19.1 Å². The highest BCUT2D eigenvalue weighted by atomic mass is 32.1. The molecule has 2 aromatic carbocycles. The van der Waals surface area contributed by atoms with Gasteiger partial charge in [-0.15, -0.1) is 11.3 Å². The molecule has 3 aromatic rings. The first-order valence-corrected chi connectivity index (χ1v) is 11.6. The molecule has 0 saturated carbocycles. The highest BCUT2D eigenvalue weighted by Gasteiger charge is 2.27. The van der Waals surface area contributed by atoms with Gasteiger partial charge < -0.3 is 14.8 Å². The topological polar surface area (TPSA) is 50.8 Å². The number of hydrogen-bond donors (Lipinski definition) is 1. The Balaban J connectivity index is 1.65. The van der Waals surface area contributed by atoms with E-state index >= 15 is 0 Å². The Morgan fingerprint density at radius 3 is 2.74 bits per heavy atom. The van der Waals surface area contributed by atoms with Crippen LogP contribution in [-0.4, -0.2) is 44.7 Å². The van der Waals surface area contributed by atoms with Gasteiger partial charge in [0.15, 0.2) is 11.5 Å². The van der Waals surface area contributed by atoms with E-state index in [9.17, 15) is 4.79 Å². The number of fused-ring (bicyclic) bond motifs is 1. The lowest BCUT2D eigenvalue weighted by Gasteiger charge is -2.36. The molecule has 1 aromatic heterocycles. The van der Waals surface area contributed by atoms with Crippen LogP contribution >= 0.6 is 11.3 Å². The van der Waals surface area contributed by atoms with E-state index in [0.717, 1.165) is 47.9 Å². The number of methoxy groups -OCH3 is 2. The predicted octanol–water partition coefficient (Wildman–Crippen LogP) is 4.88. The number of carbonyl (C=O) groups excluding carboxylic acids is 1. The zero-order valence-electron chi connectivity index (χ0n) is 18.4. The summed E-state index contributed by atoms with van der Waals surface area (Å²) in [6, 6.07) is 14.8. The Labute approximate surface area is 188 Å². The Morgan fingerprint density at radius 1 is 1.13 bits per heavy atom. The smallest absolute Gasteiger partial charge is 0.261 e. The molecular weight excluding hydrogens is 408 g/mol. The largest absolute Gasteiger partial charge is 0.493 e. The number of ether oxygens (including phenoxy) is 2. The van der Waals surface area contributed by atoms with Crippen molar-refractivity contribution in [3.05, 3.63) is 58.5 Å².